The molecule has 0 unspecified atom stereocenters. The molecule has 2 rings (SSSR count). The Morgan fingerprint density at radius 1 is 1.04 bits per heavy atom. The fourth-order valence-electron chi connectivity index (χ4n) is 2.76. The van der Waals surface area contributed by atoms with Crippen LogP contribution in [0.1, 0.15) is 25.0 Å². The van der Waals surface area contributed by atoms with Crippen molar-refractivity contribution in [3.8, 4) is 11.5 Å². The zero-order valence-corrected chi connectivity index (χ0v) is 16.4. The van der Waals surface area contributed by atoms with E-state index in [4.69, 9.17) is 21.1 Å². The lowest BCUT2D eigenvalue weighted by Crippen LogP contribution is -2.23. The number of amides is 1. The summed E-state index contributed by atoms with van der Waals surface area (Å²) in [6.45, 7) is 4.25. The van der Waals surface area contributed by atoms with Crippen LogP contribution in [0.5, 0.6) is 11.5 Å². The summed E-state index contributed by atoms with van der Waals surface area (Å²) in [5.41, 5.74) is 3.79. The Morgan fingerprint density at radius 2 is 1.65 bits per heavy atom. The lowest BCUT2D eigenvalue weighted by atomic mass is 10.0. The van der Waals surface area contributed by atoms with Gasteiger partial charge in [0.25, 0.3) is 0 Å². The molecule has 0 saturated heterocycles. The van der Waals surface area contributed by atoms with E-state index in [9.17, 15) is 4.79 Å². The number of nitrogens with one attached hydrogen (secondary N) is 2. The molecule has 5 nitrogen and oxygen atoms in total. The van der Waals surface area contributed by atoms with Gasteiger partial charge in [0.05, 0.1) is 31.5 Å². The van der Waals surface area contributed by atoms with Gasteiger partial charge in [0.2, 0.25) is 5.91 Å². The van der Waals surface area contributed by atoms with Gasteiger partial charge in [0.1, 0.15) is 11.5 Å². The van der Waals surface area contributed by atoms with E-state index in [1.807, 2.05) is 18.2 Å². The van der Waals surface area contributed by atoms with Crippen LogP contribution in [0, 0.1) is 0 Å². The first kappa shape index (κ1) is 19.9. The fourth-order valence-corrected chi connectivity index (χ4v) is 3.00. The van der Waals surface area contributed by atoms with Gasteiger partial charge in [-0.15, -0.1) is 0 Å². The molecule has 0 saturated carbocycles. The van der Waals surface area contributed by atoms with Gasteiger partial charge in [-0.3, -0.25) is 4.79 Å². The van der Waals surface area contributed by atoms with E-state index >= 15 is 0 Å². The van der Waals surface area contributed by atoms with Gasteiger partial charge < -0.3 is 20.1 Å². The fraction of sp³-hybridized carbons (Fsp3) is 0.350. The second-order valence-corrected chi connectivity index (χ2v) is 6.15. The molecule has 0 aromatic heterocycles. The first-order chi connectivity index (χ1) is 12.5. The second-order valence-electron chi connectivity index (χ2n) is 5.75. The quantitative estimate of drug-likeness (QED) is 0.710. The third-order valence-corrected chi connectivity index (χ3v) is 4.47. The van der Waals surface area contributed by atoms with Crippen LogP contribution in [0.25, 0.3) is 0 Å². The summed E-state index contributed by atoms with van der Waals surface area (Å²) in [5, 5.41) is 6.55. The van der Waals surface area contributed by atoms with Crippen molar-refractivity contribution in [1.82, 2.24) is 0 Å². The number of halogens is 1. The van der Waals surface area contributed by atoms with Crippen LogP contribution in [0.15, 0.2) is 30.3 Å². The van der Waals surface area contributed by atoms with E-state index in [0.29, 0.717) is 22.2 Å². The molecule has 0 spiro atoms. The first-order valence-corrected chi connectivity index (χ1v) is 8.97. The number of carbonyl (C=O) groups is 1. The Bertz CT molecular complexity index is 756. The minimum Gasteiger partial charge on any atom is -0.495 e. The molecule has 0 aliphatic rings. The smallest absolute Gasteiger partial charge is 0.243 e. The Balaban J connectivity index is 2.12. The molecular weight excluding hydrogens is 352 g/mol. The van der Waals surface area contributed by atoms with Crippen LogP contribution in [0.4, 0.5) is 11.4 Å². The average molecular weight is 377 g/mol. The van der Waals surface area contributed by atoms with Crippen LogP contribution >= 0.6 is 11.6 Å². The predicted molar refractivity (Wildman–Crippen MR) is 107 cm³/mol. The Morgan fingerprint density at radius 3 is 2.19 bits per heavy atom. The number of hydrogen-bond acceptors (Lipinski definition) is 4. The van der Waals surface area contributed by atoms with E-state index < -0.39 is 0 Å². The molecule has 0 radical (unpaired) electrons. The van der Waals surface area contributed by atoms with E-state index in [0.717, 1.165) is 29.7 Å². The summed E-state index contributed by atoms with van der Waals surface area (Å²) in [4.78, 5) is 12.5. The largest absolute Gasteiger partial charge is 0.495 e. The zero-order valence-electron chi connectivity index (χ0n) is 15.6. The number of rotatable bonds is 8. The maximum atomic E-state index is 12.5. The summed E-state index contributed by atoms with van der Waals surface area (Å²) < 4.78 is 10.5. The number of carbonyl (C=O) groups excluding carboxylic acids is 1. The van der Waals surface area contributed by atoms with Gasteiger partial charge in [-0.2, -0.15) is 0 Å². The lowest BCUT2D eigenvalue weighted by Gasteiger charge is -2.16. The number of benzene rings is 2. The van der Waals surface area contributed by atoms with Crippen LogP contribution < -0.4 is 20.1 Å². The van der Waals surface area contributed by atoms with Gasteiger partial charge in [0.15, 0.2) is 0 Å². The molecule has 0 fully saturated rings. The summed E-state index contributed by atoms with van der Waals surface area (Å²) in [6, 6.07) is 9.47. The van der Waals surface area contributed by atoms with Gasteiger partial charge >= 0.3 is 0 Å². The summed E-state index contributed by atoms with van der Waals surface area (Å²) in [6.07, 6.45) is 1.72. The van der Waals surface area contributed by atoms with E-state index in [-0.39, 0.29) is 12.5 Å². The molecule has 26 heavy (non-hydrogen) atoms. The van der Waals surface area contributed by atoms with E-state index in [2.05, 4.69) is 24.5 Å². The van der Waals surface area contributed by atoms with Crippen molar-refractivity contribution in [2.75, 3.05) is 31.4 Å². The minimum absolute atomic E-state index is 0.0974. The number of para-hydroxylation sites is 1. The SMILES string of the molecule is CCc1cccc(CC)c1NC(=O)CNc1cc(Cl)c(OC)cc1OC. The highest BCUT2D eigenvalue weighted by atomic mass is 35.5. The summed E-state index contributed by atoms with van der Waals surface area (Å²) in [7, 11) is 3.09. The molecule has 1 amide bonds. The molecule has 6 heteroatoms. The summed E-state index contributed by atoms with van der Waals surface area (Å²) in [5.74, 6) is 0.944. The Hall–Kier alpha value is -2.40. The second kappa shape index (κ2) is 9.34. The summed E-state index contributed by atoms with van der Waals surface area (Å²) >= 11 is 6.16. The number of anilines is 2. The molecule has 0 atom stereocenters. The third kappa shape index (κ3) is 4.61. The van der Waals surface area contributed by atoms with Crippen LogP contribution in [0.2, 0.25) is 5.02 Å². The van der Waals surface area contributed by atoms with Crippen molar-refractivity contribution in [3.63, 3.8) is 0 Å². The molecule has 0 heterocycles. The highest BCUT2D eigenvalue weighted by Crippen LogP contribution is 2.35. The number of aryl methyl sites for hydroxylation is 2. The molecule has 0 aliphatic carbocycles. The number of ether oxygens (including phenoxy) is 2. The average Bonchev–Trinajstić information content (AvgIpc) is 2.66. The molecule has 2 aromatic rings. The molecular formula is C20H25ClN2O3. The highest BCUT2D eigenvalue weighted by molar-refractivity contribution is 6.32. The highest BCUT2D eigenvalue weighted by Gasteiger charge is 2.13. The number of hydrogen-bond donors (Lipinski definition) is 2. The monoisotopic (exact) mass is 376 g/mol. The molecule has 140 valence electrons. The van der Waals surface area contributed by atoms with Crippen molar-refractivity contribution in [2.45, 2.75) is 26.7 Å². The van der Waals surface area contributed by atoms with Gasteiger partial charge in [-0.05, 0) is 30.0 Å². The Kier molecular flexibility index (Phi) is 7.16. The maximum absolute atomic E-state index is 12.5. The van der Waals surface area contributed by atoms with Crippen LogP contribution in [-0.2, 0) is 17.6 Å². The van der Waals surface area contributed by atoms with E-state index in [1.54, 1.807) is 19.2 Å². The minimum atomic E-state index is -0.130. The van der Waals surface area contributed by atoms with Gasteiger partial charge in [-0.1, -0.05) is 43.6 Å². The van der Waals surface area contributed by atoms with Crippen molar-refractivity contribution >= 4 is 28.9 Å². The zero-order chi connectivity index (χ0) is 19.1. The topological polar surface area (TPSA) is 59.6 Å². The normalized spacial score (nSPS) is 10.3. The maximum Gasteiger partial charge on any atom is 0.243 e. The molecule has 0 aliphatic heterocycles. The third-order valence-electron chi connectivity index (χ3n) is 4.18. The van der Waals surface area contributed by atoms with Crippen LogP contribution in [0.3, 0.4) is 0 Å². The van der Waals surface area contributed by atoms with Crippen molar-refractivity contribution < 1.29 is 14.3 Å². The predicted octanol–water partition coefficient (Wildman–Crippen LogP) is 4.53. The molecule has 2 aromatic carbocycles. The molecule has 2 N–H and O–H groups in total. The molecule has 0 bridgehead atoms. The van der Waals surface area contributed by atoms with Crippen molar-refractivity contribution in [2.24, 2.45) is 0 Å². The first-order valence-electron chi connectivity index (χ1n) is 8.59. The van der Waals surface area contributed by atoms with Gasteiger partial charge in [0, 0.05) is 11.8 Å². The van der Waals surface area contributed by atoms with Crippen molar-refractivity contribution in [1.29, 1.82) is 0 Å². The van der Waals surface area contributed by atoms with Crippen molar-refractivity contribution in [3.05, 3.63) is 46.5 Å². The van der Waals surface area contributed by atoms with Crippen LogP contribution in [-0.4, -0.2) is 26.7 Å². The standard InChI is InChI=1S/C20H25ClN2O3/c1-5-13-8-7-9-14(6-2)20(13)23-19(24)12-22-16-10-15(21)17(25-3)11-18(16)26-4/h7-11,22H,5-6,12H2,1-4H3,(H,23,24). The number of methoxy groups -OCH3 is 2. The van der Waals surface area contributed by atoms with Gasteiger partial charge in [-0.25, -0.2) is 0 Å². The lowest BCUT2D eigenvalue weighted by molar-refractivity contribution is -0.114. The van der Waals surface area contributed by atoms with E-state index in [1.165, 1.54) is 7.11 Å². The Labute approximate surface area is 159 Å².